The van der Waals surface area contributed by atoms with Gasteiger partial charge in [0.25, 0.3) is 0 Å². The number of rotatable bonds is 2. The van der Waals surface area contributed by atoms with E-state index in [2.05, 4.69) is 82.8 Å². The Morgan fingerprint density at radius 1 is 0.538 bits per heavy atom. The molecule has 2 nitrogen and oxygen atoms in total. The Morgan fingerprint density at radius 2 is 1.35 bits per heavy atom. The molecule has 0 aliphatic rings. The van der Waals surface area contributed by atoms with Crippen LogP contribution in [0.5, 0.6) is 0 Å². The van der Waals surface area contributed by atoms with Crippen LogP contribution in [-0.2, 0) is 0 Å². The highest BCUT2D eigenvalue weighted by molar-refractivity contribution is 6.00. The summed E-state index contributed by atoms with van der Waals surface area (Å²) >= 11 is 0. The Balaban J connectivity index is 1.72. The first-order valence-corrected chi connectivity index (χ1v) is 8.68. The molecule has 0 saturated heterocycles. The van der Waals surface area contributed by atoms with E-state index in [0.29, 0.717) is 0 Å². The third-order valence-corrected chi connectivity index (χ3v) is 4.78. The molecular weight excluding hydrogens is 316 g/mol. The Kier molecular flexibility index (Phi) is 3.46. The molecule has 0 aliphatic heterocycles. The van der Waals surface area contributed by atoms with Gasteiger partial charge in [0.05, 0.1) is 11.2 Å². The zero-order valence-electron chi connectivity index (χ0n) is 14.1. The lowest BCUT2D eigenvalue weighted by Crippen LogP contribution is -1.90. The van der Waals surface area contributed by atoms with Crippen molar-refractivity contribution >= 4 is 21.7 Å². The Bertz CT molecular complexity index is 1220. The lowest BCUT2D eigenvalue weighted by Gasteiger charge is -2.10. The monoisotopic (exact) mass is 332 g/mol. The smallest absolute Gasteiger partial charge is 0.116 e. The second-order valence-electron chi connectivity index (χ2n) is 6.35. The van der Waals surface area contributed by atoms with Crippen LogP contribution in [0.25, 0.3) is 44.1 Å². The van der Waals surface area contributed by atoms with Crippen molar-refractivity contribution in [2.45, 2.75) is 0 Å². The molecule has 1 heterocycles. The van der Waals surface area contributed by atoms with E-state index in [-0.39, 0.29) is 0 Å². The fourth-order valence-electron chi connectivity index (χ4n) is 3.53. The van der Waals surface area contributed by atoms with Gasteiger partial charge in [-0.15, -0.1) is 0 Å². The molecule has 0 bridgehead atoms. The number of aromatic nitrogens is 2. The topological polar surface area (TPSA) is 25.8 Å². The fraction of sp³-hybridized carbons (Fsp3) is 0. The summed E-state index contributed by atoms with van der Waals surface area (Å²) < 4.78 is 0. The Hall–Kier alpha value is -3.52. The quantitative estimate of drug-likeness (QED) is 0.389. The van der Waals surface area contributed by atoms with E-state index < -0.39 is 0 Å². The average molecular weight is 332 g/mol. The highest BCUT2D eigenvalue weighted by atomic mass is 14.8. The van der Waals surface area contributed by atoms with Crippen LogP contribution in [0.2, 0.25) is 0 Å². The molecule has 0 aliphatic carbocycles. The van der Waals surface area contributed by atoms with Crippen molar-refractivity contribution in [1.29, 1.82) is 0 Å². The van der Waals surface area contributed by atoms with Crippen LogP contribution in [0.4, 0.5) is 0 Å². The van der Waals surface area contributed by atoms with Crippen LogP contribution in [0.3, 0.4) is 0 Å². The van der Waals surface area contributed by atoms with Crippen molar-refractivity contribution in [3.63, 3.8) is 0 Å². The summed E-state index contributed by atoms with van der Waals surface area (Å²) in [6.07, 6.45) is 1.65. The molecule has 0 spiro atoms. The predicted molar refractivity (Wildman–Crippen MR) is 108 cm³/mol. The Labute approximate surface area is 151 Å². The first kappa shape index (κ1) is 14.8. The molecule has 5 rings (SSSR count). The summed E-state index contributed by atoms with van der Waals surface area (Å²) in [5.41, 5.74) is 5.44. The molecular formula is C24H16N2. The minimum absolute atomic E-state index is 0.962. The van der Waals surface area contributed by atoms with Gasteiger partial charge < -0.3 is 0 Å². The van der Waals surface area contributed by atoms with Gasteiger partial charge in [0.2, 0.25) is 0 Å². The summed E-state index contributed by atoms with van der Waals surface area (Å²) in [6.45, 7) is 0. The van der Waals surface area contributed by atoms with Crippen molar-refractivity contribution in [3.8, 4) is 22.4 Å². The minimum atomic E-state index is 0.962. The lowest BCUT2D eigenvalue weighted by atomic mass is 9.96. The predicted octanol–water partition coefficient (Wildman–Crippen LogP) is 6.12. The van der Waals surface area contributed by atoms with Gasteiger partial charge in [0, 0.05) is 10.9 Å². The van der Waals surface area contributed by atoms with Gasteiger partial charge in [0.1, 0.15) is 6.33 Å². The van der Waals surface area contributed by atoms with E-state index in [1.165, 1.54) is 21.9 Å². The Morgan fingerprint density at radius 3 is 2.27 bits per heavy atom. The van der Waals surface area contributed by atoms with Crippen LogP contribution in [0.15, 0.2) is 97.3 Å². The van der Waals surface area contributed by atoms with Gasteiger partial charge in [-0.05, 0) is 34.0 Å². The maximum Gasteiger partial charge on any atom is 0.116 e. The third kappa shape index (κ3) is 2.44. The number of nitrogens with zero attached hydrogens (tertiary/aromatic N) is 2. The molecule has 5 aromatic rings. The SMILES string of the molecule is c1ccc(-c2ncnc3cc(-c4cccc5ccccc45)ccc23)cc1. The van der Waals surface area contributed by atoms with E-state index in [1.54, 1.807) is 6.33 Å². The summed E-state index contributed by atoms with van der Waals surface area (Å²) in [4.78, 5) is 9.04. The lowest BCUT2D eigenvalue weighted by molar-refractivity contribution is 1.22. The van der Waals surface area contributed by atoms with Crippen molar-refractivity contribution < 1.29 is 0 Å². The largest absolute Gasteiger partial charge is 0.236 e. The standard InChI is InChI=1S/C24H16N2/c1-2-8-18(9-3-1)24-22-14-13-19(15-23(22)25-16-26-24)21-12-6-10-17-7-4-5-11-20(17)21/h1-16H. The van der Waals surface area contributed by atoms with Gasteiger partial charge in [0.15, 0.2) is 0 Å². The average Bonchev–Trinajstić information content (AvgIpc) is 2.73. The summed E-state index contributed by atoms with van der Waals surface area (Å²) in [5, 5.41) is 3.58. The number of benzene rings is 4. The molecule has 0 amide bonds. The number of fused-ring (bicyclic) bond motifs is 2. The van der Waals surface area contributed by atoms with E-state index in [9.17, 15) is 0 Å². The van der Waals surface area contributed by atoms with Crippen LogP contribution in [-0.4, -0.2) is 9.97 Å². The second-order valence-corrected chi connectivity index (χ2v) is 6.35. The van der Waals surface area contributed by atoms with Gasteiger partial charge >= 0.3 is 0 Å². The molecule has 0 radical (unpaired) electrons. The molecule has 0 fully saturated rings. The van der Waals surface area contributed by atoms with Crippen LogP contribution in [0, 0.1) is 0 Å². The summed E-state index contributed by atoms with van der Waals surface area (Å²) in [5.74, 6) is 0. The number of hydrogen-bond donors (Lipinski definition) is 0. The molecule has 122 valence electrons. The number of hydrogen-bond acceptors (Lipinski definition) is 2. The van der Waals surface area contributed by atoms with Crippen molar-refractivity contribution in [2.75, 3.05) is 0 Å². The molecule has 1 aromatic heterocycles. The fourth-order valence-corrected chi connectivity index (χ4v) is 3.53. The second kappa shape index (κ2) is 6.08. The zero-order valence-corrected chi connectivity index (χ0v) is 14.1. The highest BCUT2D eigenvalue weighted by Gasteiger charge is 2.09. The van der Waals surface area contributed by atoms with Crippen LogP contribution < -0.4 is 0 Å². The van der Waals surface area contributed by atoms with Crippen LogP contribution >= 0.6 is 0 Å². The van der Waals surface area contributed by atoms with Crippen molar-refractivity contribution in [2.24, 2.45) is 0 Å². The van der Waals surface area contributed by atoms with Gasteiger partial charge in [-0.1, -0.05) is 78.9 Å². The molecule has 2 heteroatoms. The van der Waals surface area contributed by atoms with Gasteiger partial charge in [-0.3, -0.25) is 0 Å². The van der Waals surface area contributed by atoms with Crippen molar-refractivity contribution in [3.05, 3.63) is 97.3 Å². The molecule has 26 heavy (non-hydrogen) atoms. The molecule has 0 atom stereocenters. The molecule has 0 N–H and O–H groups in total. The maximum absolute atomic E-state index is 4.52. The first-order valence-electron chi connectivity index (χ1n) is 8.68. The summed E-state index contributed by atoms with van der Waals surface area (Å²) in [7, 11) is 0. The van der Waals surface area contributed by atoms with Gasteiger partial charge in [-0.25, -0.2) is 9.97 Å². The first-order chi connectivity index (χ1) is 12.9. The molecule has 4 aromatic carbocycles. The zero-order chi connectivity index (χ0) is 17.3. The van der Waals surface area contributed by atoms with E-state index >= 15 is 0 Å². The highest BCUT2D eigenvalue weighted by Crippen LogP contribution is 2.32. The molecule has 0 unspecified atom stereocenters. The van der Waals surface area contributed by atoms with Crippen LogP contribution in [0.1, 0.15) is 0 Å². The van der Waals surface area contributed by atoms with Crippen molar-refractivity contribution in [1.82, 2.24) is 9.97 Å². The van der Waals surface area contributed by atoms with E-state index in [1.807, 2.05) is 18.2 Å². The summed E-state index contributed by atoms with van der Waals surface area (Å²) in [6, 6.07) is 31.6. The third-order valence-electron chi connectivity index (χ3n) is 4.78. The maximum atomic E-state index is 4.52. The molecule has 0 saturated carbocycles. The minimum Gasteiger partial charge on any atom is -0.236 e. The normalized spacial score (nSPS) is 11.1. The van der Waals surface area contributed by atoms with Gasteiger partial charge in [-0.2, -0.15) is 0 Å². The van der Waals surface area contributed by atoms with E-state index in [0.717, 1.165) is 22.2 Å². The van der Waals surface area contributed by atoms with E-state index in [4.69, 9.17) is 0 Å².